The average Bonchev–Trinajstić information content (AvgIpc) is 3.44. The number of aryl methyl sites for hydroxylation is 1. The zero-order chi connectivity index (χ0) is 28.5. The summed E-state index contributed by atoms with van der Waals surface area (Å²) in [4.78, 5) is 2.40. The maximum absolute atomic E-state index is 6.43. The molecule has 2 nitrogen and oxygen atoms in total. The van der Waals surface area contributed by atoms with Gasteiger partial charge in [0.25, 0.3) is 0 Å². The zero-order valence-corrected chi connectivity index (χ0v) is 23.7. The molecule has 0 N–H and O–H groups in total. The van der Waals surface area contributed by atoms with Crippen LogP contribution in [0.3, 0.4) is 0 Å². The lowest BCUT2D eigenvalue weighted by molar-refractivity contribution is 0.670. The topological polar surface area (TPSA) is 16.4 Å². The summed E-state index contributed by atoms with van der Waals surface area (Å²) in [6, 6.07) is 52.5. The second kappa shape index (κ2) is 9.20. The van der Waals surface area contributed by atoms with Crippen molar-refractivity contribution in [1.82, 2.24) is 0 Å². The summed E-state index contributed by atoms with van der Waals surface area (Å²) in [5.74, 6) is 0. The van der Waals surface area contributed by atoms with Gasteiger partial charge in [0, 0.05) is 33.1 Å². The fourth-order valence-electron chi connectivity index (χ4n) is 6.90. The minimum atomic E-state index is 0.913. The van der Waals surface area contributed by atoms with Crippen molar-refractivity contribution in [3.63, 3.8) is 0 Å². The number of para-hydroxylation sites is 2. The van der Waals surface area contributed by atoms with E-state index in [1.54, 1.807) is 0 Å². The second-order valence-electron chi connectivity index (χ2n) is 11.4. The Morgan fingerprint density at radius 2 is 1.16 bits per heavy atom. The highest BCUT2D eigenvalue weighted by Crippen LogP contribution is 2.45. The molecule has 0 atom stereocenters. The molecule has 9 aromatic rings. The Labute approximate surface area is 249 Å². The van der Waals surface area contributed by atoms with E-state index >= 15 is 0 Å². The summed E-state index contributed by atoms with van der Waals surface area (Å²) in [7, 11) is 0. The van der Waals surface area contributed by atoms with Crippen LogP contribution in [-0.4, -0.2) is 0 Å². The van der Waals surface area contributed by atoms with Gasteiger partial charge in [-0.15, -0.1) is 0 Å². The molecule has 1 aromatic heterocycles. The monoisotopic (exact) mass is 549 g/mol. The minimum absolute atomic E-state index is 0.913. The van der Waals surface area contributed by atoms with Crippen LogP contribution in [-0.2, 0) is 0 Å². The van der Waals surface area contributed by atoms with Crippen LogP contribution >= 0.6 is 0 Å². The Bertz CT molecular complexity index is 2470. The normalized spacial score (nSPS) is 11.8. The van der Waals surface area contributed by atoms with Crippen molar-refractivity contribution in [3.05, 3.63) is 151 Å². The molecule has 0 aliphatic rings. The van der Waals surface area contributed by atoms with Gasteiger partial charge < -0.3 is 9.32 Å². The van der Waals surface area contributed by atoms with Gasteiger partial charge in [-0.2, -0.15) is 0 Å². The van der Waals surface area contributed by atoms with E-state index in [1.165, 1.54) is 37.9 Å². The second-order valence-corrected chi connectivity index (χ2v) is 11.4. The van der Waals surface area contributed by atoms with Crippen LogP contribution in [0.15, 0.2) is 150 Å². The Morgan fingerprint density at radius 1 is 0.488 bits per heavy atom. The Morgan fingerprint density at radius 3 is 2.02 bits per heavy atom. The molecular weight excluding hydrogens is 522 g/mol. The first-order valence-electron chi connectivity index (χ1n) is 14.8. The highest BCUT2D eigenvalue weighted by atomic mass is 16.3. The van der Waals surface area contributed by atoms with Crippen molar-refractivity contribution in [1.29, 1.82) is 0 Å². The number of hydrogen-bond acceptors (Lipinski definition) is 2. The van der Waals surface area contributed by atoms with E-state index in [0.29, 0.717) is 0 Å². The molecule has 0 aliphatic carbocycles. The van der Waals surface area contributed by atoms with E-state index in [0.717, 1.165) is 50.1 Å². The van der Waals surface area contributed by atoms with E-state index in [-0.39, 0.29) is 0 Å². The third-order valence-corrected chi connectivity index (χ3v) is 8.83. The van der Waals surface area contributed by atoms with Crippen LogP contribution < -0.4 is 4.90 Å². The number of rotatable bonds is 4. The average molecular weight is 550 g/mol. The highest BCUT2D eigenvalue weighted by molar-refractivity contribution is 6.25. The molecule has 0 aliphatic heterocycles. The molecule has 0 spiro atoms. The predicted octanol–water partition coefficient (Wildman–Crippen LogP) is 11.9. The fourth-order valence-corrected chi connectivity index (χ4v) is 6.90. The third-order valence-electron chi connectivity index (χ3n) is 8.83. The third kappa shape index (κ3) is 3.67. The smallest absolute Gasteiger partial charge is 0.143 e. The summed E-state index contributed by atoms with van der Waals surface area (Å²) in [6.07, 6.45) is 0. The molecule has 0 saturated heterocycles. The van der Waals surface area contributed by atoms with Gasteiger partial charge in [-0.25, -0.2) is 0 Å². The van der Waals surface area contributed by atoms with Gasteiger partial charge in [-0.3, -0.25) is 0 Å². The SMILES string of the molecule is Cc1cccc(N(c2cccc(-c3cccc4c3oc3ccccc34)c2)c2ccc3ccc4cccc5ccc2c3c45)c1. The molecule has 202 valence electrons. The number of furan rings is 1. The van der Waals surface area contributed by atoms with E-state index < -0.39 is 0 Å². The Balaban J connectivity index is 1.30. The van der Waals surface area contributed by atoms with Gasteiger partial charge in [0.1, 0.15) is 11.2 Å². The number of fused-ring (bicyclic) bond motifs is 3. The molecule has 43 heavy (non-hydrogen) atoms. The number of anilines is 3. The summed E-state index contributed by atoms with van der Waals surface area (Å²) in [5, 5.41) is 9.98. The lowest BCUT2D eigenvalue weighted by atomic mass is 9.93. The largest absolute Gasteiger partial charge is 0.455 e. The Hall–Kier alpha value is -5.60. The van der Waals surface area contributed by atoms with Crippen LogP contribution in [0.25, 0.3) is 65.4 Å². The standard InChI is InChI=1S/C41H27NO/c1-26-8-4-12-31(24-26)42(37-23-21-29-19-18-27-9-5-10-28-20-22-36(37)40(29)39(27)28)32-13-6-11-30(25-32)33-15-7-16-35-34-14-2-3-17-38(34)43-41(33)35/h2-25H,1H3. The van der Waals surface area contributed by atoms with Crippen LogP contribution in [0.2, 0.25) is 0 Å². The van der Waals surface area contributed by atoms with E-state index in [1.807, 2.05) is 12.1 Å². The summed E-state index contributed by atoms with van der Waals surface area (Å²) < 4.78 is 6.43. The van der Waals surface area contributed by atoms with Gasteiger partial charge in [0.2, 0.25) is 0 Å². The van der Waals surface area contributed by atoms with Crippen LogP contribution in [0.5, 0.6) is 0 Å². The van der Waals surface area contributed by atoms with Crippen LogP contribution in [0, 0.1) is 6.92 Å². The minimum Gasteiger partial charge on any atom is -0.455 e. The molecule has 0 bridgehead atoms. The van der Waals surface area contributed by atoms with E-state index in [2.05, 4.69) is 145 Å². The molecule has 0 amide bonds. The lowest BCUT2D eigenvalue weighted by Gasteiger charge is -2.28. The fraction of sp³-hybridized carbons (Fsp3) is 0.0244. The molecule has 2 heteroatoms. The van der Waals surface area contributed by atoms with Crippen molar-refractivity contribution in [2.75, 3.05) is 4.90 Å². The van der Waals surface area contributed by atoms with Gasteiger partial charge in [-0.1, -0.05) is 109 Å². The molecule has 0 saturated carbocycles. The van der Waals surface area contributed by atoms with Gasteiger partial charge in [0.05, 0.1) is 5.69 Å². The maximum atomic E-state index is 6.43. The van der Waals surface area contributed by atoms with Crippen LogP contribution in [0.4, 0.5) is 17.1 Å². The molecule has 8 aromatic carbocycles. The van der Waals surface area contributed by atoms with Gasteiger partial charge >= 0.3 is 0 Å². The van der Waals surface area contributed by atoms with E-state index in [4.69, 9.17) is 4.42 Å². The molecule has 0 fully saturated rings. The first-order valence-corrected chi connectivity index (χ1v) is 14.8. The van der Waals surface area contributed by atoms with Gasteiger partial charge in [-0.05, 0) is 81.4 Å². The predicted molar refractivity (Wildman–Crippen MR) is 182 cm³/mol. The first-order chi connectivity index (χ1) is 21.2. The number of benzene rings is 8. The van der Waals surface area contributed by atoms with Crippen molar-refractivity contribution < 1.29 is 4.42 Å². The van der Waals surface area contributed by atoms with E-state index in [9.17, 15) is 0 Å². The van der Waals surface area contributed by atoms with Gasteiger partial charge in [0.15, 0.2) is 0 Å². The maximum Gasteiger partial charge on any atom is 0.143 e. The van der Waals surface area contributed by atoms with Crippen molar-refractivity contribution in [3.8, 4) is 11.1 Å². The highest BCUT2D eigenvalue weighted by Gasteiger charge is 2.20. The molecule has 1 heterocycles. The summed E-state index contributed by atoms with van der Waals surface area (Å²) >= 11 is 0. The number of hydrogen-bond donors (Lipinski definition) is 0. The summed E-state index contributed by atoms with van der Waals surface area (Å²) in [5.41, 5.74) is 8.67. The first kappa shape index (κ1) is 24.0. The summed E-state index contributed by atoms with van der Waals surface area (Å²) in [6.45, 7) is 2.16. The van der Waals surface area contributed by atoms with Crippen molar-refractivity contribution in [2.45, 2.75) is 6.92 Å². The van der Waals surface area contributed by atoms with Crippen molar-refractivity contribution >= 4 is 71.3 Å². The molecule has 9 rings (SSSR count). The number of nitrogens with zero attached hydrogens (tertiary/aromatic N) is 1. The van der Waals surface area contributed by atoms with Crippen molar-refractivity contribution in [2.24, 2.45) is 0 Å². The Kier molecular flexibility index (Phi) is 5.15. The quantitative estimate of drug-likeness (QED) is 0.203. The van der Waals surface area contributed by atoms with Crippen LogP contribution in [0.1, 0.15) is 5.56 Å². The lowest BCUT2D eigenvalue weighted by Crippen LogP contribution is -2.11. The molecule has 0 unspecified atom stereocenters. The molecule has 0 radical (unpaired) electrons. The molecular formula is C41H27NO. The zero-order valence-electron chi connectivity index (χ0n) is 23.7.